The van der Waals surface area contributed by atoms with E-state index >= 15 is 0 Å². The summed E-state index contributed by atoms with van der Waals surface area (Å²) < 4.78 is 33.7. The fourth-order valence-corrected chi connectivity index (χ4v) is 5.14. The van der Waals surface area contributed by atoms with Crippen LogP contribution >= 0.6 is 0 Å². The van der Waals surface area contributed by atoms with Crippen LogP contribution in [0.1, 0.15) is 11.1 Å². The summed E-state index contributed by atoms with van der Waals surface area (Å²) in [5.74, 6) is -0.226. The second kappa shape index (κ2) is 8.68. The molecule has 0 bridgehead atoms. The van der Waals surface area contributed by atoms with Gasteiger partial charge in [0.2, 0.25) is 5.91 Å². The molecule has 0 saturated carbocycles. The van der Waals surface area contributed by atoms with E-state index in [1.54, 1.807) is 49.6 Å². The molecule has 0 spiro atoms. The van der Waals surface area contributed by atoms with Crippen molar-refractivity contribution in [1.29, 1.82) is 0 Å². The van der Waals surface area contributed by atoms with Gasteiger partial charge < -0.3 is 9.73 Å². The van der Waals surface area contributed by atoms with Gasteiger partial charge in [0, 0.05) is 16.6 Å². The Kier molecular flexibility index (Phi) is 5.55. The third-order valence-corrected chi connectivity index (χ3v) is 7.09. The summed E-state index contributed by atoms with van der Waals surface area (Å²) in [5.41, 5.74) is 3.17. The average Bonchev–Trinajstić information content (AvgIpc) is 3.25. The topological polar surface area (TPSA) is 88.4 Å². The van der Waals surface area contributed by atoms with Crippen LogP contribution in [0.4, 0.5) is 11.4 Å². The van der Waals surface area contributed by atoms with E-state index in [2.05, 4.69) is 10.0 Å². The fourth-order valence-electron chi connectivity index (χ4n) is 4.00. The minimum absolute atomic E-state index is 0.125. The van der Waals surface area contributed by atoms with Gasteiger partial charge in [0.05, 0.1) is 23.3 Å². The molecule has 5 rings (SSSR count). The second-order valence-electron chi connectivity index (χ2n) is 8.09. The molecule has 0 aliphatic rings. The van der Waals surface area contributed by atoms with Crippen molar-refractivity contribution in [1.82, 2.24) is 0 Å². The maximum Gasteiger partial charge on any atom is 0.261 e. The highest BCUT2D eigenvalue weighted by atomic mass is 32.2. The van der Waals surface area contributed by atoms with E-state index in [1.807, 2.05) is 36.4 Å². The zero-order chi connectivity index (χ0) is 23.7. The molecule has 1 amide bonds. The Bertz CT molecular complexity index is 1620. The van der Waals surface area contributed by atoms with Crippen LogP contribution in [0.5, 0.6) is 0 Å². The number of benzene rings is 4. The van der Waals surface area contributed by atoms with E-state index in [0.29, 0.717) is 11.4 Å². The smallest absolute Gasteiger partial charge is 0.261 e. The largest absolute Gasteiger partial charge is 0.464 e. The number of rotatable bonds is 6. The minimum atomic E-state index is -3.74. The van der Waals surface area contributed by atoms with Crippen LogP contribution in [0.15, 0.2) is 101 Å². The minimum Gasteiger partial charge on any atom is -0.464 e. The third kappa shape index (κ3) is 4.25. The Morgan fingerprint density at radius 2 is 1.68 bits per heavy atom. The van der Waals surface area contributed by atoms with E-state index in [-0.39, 0.29) is 17.2 Å². The lowest BCUT2D eigenvalue weighted by atomic mass is 10.0. The van der Waals surface area contributed by atoms with Crippen LogP contribution in [0.2, 0.25) is 0 Å². The maximum atomic E-state index is 12.9. The second-order valence-corrected chi connectivity index (χ2v) is 9.78. The van der Waals surface area contributed by atoms with Crippen LogP contribution in [0.3, 0.4) is 0 Å². The molecule has 7 heteroatoms. The zero-order valence-corrected chi connectivity index (χ0v) is 19.2. The Morgan fingerprint density at radius 3 is 2.50 bits per heavy atom. The summed E-state index contributed by atoms with van der Waals surface area (Å²) in [5, 5.41) is 5.90. The fraction of sp³-hybridized carbons (Fsp3) is 0.0741. The molecule has 2 N–H and O–H groups in total. The highest BCUT2D eigenvalue weighted by molar-refractivity contribution is 7.92. The number of sulfonamides is 1. The number of anilines is 2. The quantitative estimate of drug-likeness (QED) is 0.325. The summed E-state index contributed by atoms with van der Waals surface area (Å²) in [6.45, 7) is 1.80. The lowest BCUT2D eigenvalue weighted by molar-refractivity contribution is -0.115. The molecule has 0 unspecified atom stereocenters. The zero-order valence-electron chi connectivity index (χ0n) is 18.4. The SMILES string of the molecule is Cc1ccc(NC(=O)Cc2coc3ccc4ccccc4c23)cc1NS(=O)(=O)c1ccccc1. The first-order valence-electron chi connectivity index (χ1n) is 10.8. The molecule has 0 saturated heterocycles. The van der Waals surface area contributed by atoms with Crippen LogP contribution in [-0.4, -0.2) is 14.3 Å². The third-order valence-electron chi connectivity index (χ3n) is 5.71. The molecular formula is C27H22N2O4S. The molecule has 6 nitrogen and oxygen atoms in total. The van der Waals surface area contributed by atoms with Crippen molar-refractivity contribution >= 4 is 49.0 Å². The van der Waals surface area contributed by atoms with Crippen molar-refractivity contribution in [2.75, 3.05) is 10.0 Å². The molecule has 34 heavy (non-hydrogen) atoms. The van der Waals surface area contributed by atoms with Gasteiger partial charge in [-0.1, -0.05) is 54.6 Å². The van der Waals surface area contributed by atoms with E-state index in [4.69, 9.17) is 4.42 Å². The highest BCUT2D eigenvalue weighted by Crippen LogP contribution is 2.30. The van der Waals surface area contributed by atoms with Gasteiger partial charge in [0.15, 0.2) is 0 Å². The summed E-state index contributed by atoms with van der Waals surface area (Å²) in [6.07, 6.45) is 1.74. The molecule has 5 aromatic rings. The first-order valence-corrected chi connectivity index (χ1v) is 12.3. The Morgan fingerprint density at radius 1 is 0.912 bits per heavy atom. The van der Waals surface area contributed by atoms with Crippen molar-refractivity contribution in [3.63, 3.8) is 0 Å². The number of amides is 1. The lowest BCUT2D eigenvalue weighted by Gasteiger charge is -2.13. The number of hydrogen-bond donors (Lipinski definition) is 2. The number of fused-ring (bicyclic) bond motifs is 3. The van der Waals surface area contributed by atoms with E-state index in [9.17, 15) is 13.2 Å². The van der Waals surface area contributed by atoms with Crippen LogP contribution in [0, 0.1) is 6.92 Å². The Hall–Kier alpha value is -4.10. The Balaban J connectivity index is 1.37. The van der Waals surface area contributed by atoms with E-state index in [0.717, 1.165) is 32.9 Å². The van der Waals surface area contributed by atoms with Gasteiger partial charge in [-0.15, -0.1) is 0 Å². The van der Waals surface area contributed by atoms with Crippen molar-refractivity contribution in [2.24, 2.45) is 0 Å². The molecule has 170 valence electrons. The maximum absolute atomic E-state index is 12.9. The summed E-state index contributed by atoms with van der Waals surface area (Å²) >= 11 is 0. The standard InChI is InChI=1S/C27H22N2O4S/c1-18-11-13-21(16-24(18)29-34(31,32)22-8-3-2-4-9-22)28-26(30)15-20-17-33-25-14-12-19-7-5-6-10-23(19)27(20)25/h2-14,16-17,29H,15H2,1H3,(H,28,30). The van der Waals surface area contributed by atoms with Crippen molar-refractivity contribution in [3.8, 4) is 0 Å². The molecule has 0 aliphatic carbocycles. The molecule has 1 aromatic heterocycles. The Labute approximate surface area is 197 Å². The summed E-state index contributed by atoms with van der Waals surface area (Å²) in [6, 6.07) is 25.2. The van der Waals surface area contributed by atoms with Crippen LogP contribution in [0.25, 0.3) is 21.7 Å². The molecule has 4 aromatic carbocycles. The average molecular weight is 471 g/mol. The molecule has 0 fully saturated rings. The normalized spacial score (nSPS) is 11.6. The van der Waals surface area contributed by atoms with Gasteiger partial charge in [-0.2, -0.15) is 0 Å². The van der Waals surface area contributed by atoms with E-state index in [1.165, 1.54) is 12.1 Å². The van der Waals surface area contributed by atoms with Crippen molar-refractivity contribution in [3.05, 3.63) is 102 Å². The van der Waals surface area contributed by atoms with Gasteiger partial charge in [-0.3, -0.25) is 9.52 Å². The van der Waals surface area contributed by atoms with Crippen LogP contribution < -0.4 is 10.0 Å². The number of carbonyl (C=O) groups excluding carboxylic acids is 1. The number of aryl methyl sites for hydroxylation is 1. The number of furan rings is 1. The predicted molar refractivity (Wildman–Crippen MR) is 134 cm³/mol. The number of carbonyl (C=O) groups is 1. The summed E-state index contributed by atoms with van der Waals surface area (Å²) in [7, 11) is -3.74. The lowest BCUT2D eigenvalue weighted by Crippen LogP contribution is -2.16. The monoisotopic (exact) mass is 470 g/mol. The van der Waals surface area contributed by atoms with Gasteiger partial charge >= 0.3 is 0 Å². The molecule has 0 radical (unpaired) electrons. The van der Waals surface area contributed by atoms with Gasteiger partial charge in [0.25, 0.3) is 10.0 Å². The van der Waals surface area contributed by atoms with Crippen molar-refractivity contribution in [2.45, 2.75) is 18.2 Å². The van der Waals surface area contributed by atoms with Crippen molar-refractivity contribution < 1.29 is 17.6 Å². The summed E-state index contributed by atoms with van der Waals surface area (Å²) in [4.78, 5) is 13.0. The van der Waals surface area contributed by atoms with Gasteiger partial charge in [-0.05, 0) is 53.6 Å². The molecule has 0 aliphatic heterocycles. The predicted octanol–water partition coefficient (Wildman–Crippen LogP) is 5.88. The highest BCUT2D eigenvalue weighted by Gasteiger charge is 2.17. The first-order chi connectivity index (χ1) is 16.4. The number of hydrogen-bond acceptors (Lipinski definition) is 4. The van der Waals surface area contributed by atoms with E-state index < -0.39 is 10.0 Å². The van der Waals surface area contributed by atoms with Crippen LogP contribution in [-0.2, 0) is 21.2 Å². The molecular weight excluding hydrogens is 448 g/mol. The van der Waals surface area contributed by atoms with Gasteiger partial charge in [0.1, 0.15) is 5.58 Å². The molecule has 1 heterocycles. The first kappa shape index (κ1) is 21.7. The number of nitrogens with one attached hydrogen (secondary N) is 2. The van der Waals surface area contributed by atoms with Gasteiger partial charge in [-0.25, -0.2) is 8.42 Å². The molecule has 0 atom stereocenters.